The molecular formula is C29H41F. The Morgan fingerprint density at radius 3 is 2.37 bits per heavy atom. The van der Waals surface area contributed by atoms with Gasteiger partial charge in [-0.15, -0.1) is 0 Å². The molecule has 3 unspecified atom stereocenters. The van der Waals surface area contributed by atoms with Gasteiger partial charge in [-0.3, -0.25) is 0 Å². The van der Waals surface area contributed by atoms with Crippen LogP contribution in [0.15, 0.2) is 42.5 Å². The van der Waals surface area contributed by atoms with Crippen molar-refractivity contribution in [3.05, 3.63) is 59.4 Å². The van der Waals surface area contributed by atoms with E-state index in [2.05, 4.69) is 26.8 Å². The fourth-order valence-electron chi connectivity index (χ4n) is 5.57. The Balaban J connectivity index is 1.74. The van der Waals surface area contributed by atoms with Gasteiger partial charge in [0.25, 0.3) is 0 Å². The van der Waals surface area contributed by atoms with E-state index < -0.39 is 0 Å². The minimum atomic E-state index is 0.0227. The molecule has 0 N–H and O–H groups in total. The molecule has 0 saturated heterocycles. The molecule has 0 heterocycles. The average Bonchev–Trinajstić information content (AvgIpc) is 2.76. The summed E-state index contributed by atoms with van der Waals surface area (Å²) in [6, 6.07) is 14.3. The molecule has 2 aromatic carbocycles. The Bertz CT molecular complexity index is 763. The minimum absolute atomic E-state index is 0.0227. The first-order chi connectivity index (χ1) is 14.6. The topological polar surface area (TPSA) is 0 Å². The molecule has 1 aliphatic rings. The summed E-state index contributed by atoms with van der Waals surface area (Å²) in [4.78, 5) is 0. The predicted octanol–water partition coefficient (Wildman–Crippen LogP) is 9.01. The van der Waals surface area contributed by atoms with Gasteiger partial charge in [0, 0.05) is 5.56 Å². The summed E-state index contributed by atoms with van der Waals surface area (Å²) in [5.41, 5.74) is 3.99. The zero-order valence-electron chi connectivity index (χ0n) is 19.4. The van der Waals surface area contributed by atoms with Crippen molar-refractivity contribution in [1.82, 2.24) is 0 Å². The zero-order chi connectivity index (χ0) is 21.3. The van der Waals surface area contributed by atoms with Crippen molar-refractivity contribution < 1.29 is 4.39 Å². The highest BCUT2D eigenvalue weighted by Gasteiger charge is 2.27. The van der Waals surface area contributed by atoms with Crippen LogP contribution in [0.3, 0.4) is 0 Å². The van der Waals surface area contributed by atoms with E-state index in [1.807, 2.05) is 36.4 Å². The van der Waals surface area contributed by atoms with Crippen LogP contribution in [0.2, 0.25) is 0 Å². The summed E-state index contributed by atoms with van der Waals surface area (Å²) in [5, 5.41) is 0. The Kier molecular flexibility index (Phi) is 8.97. The van der Waals surface area contributed by atoms with Crippen LogP contribution >= 0.6 is 0 Å². The normalized spacial score (nSPS) is 21.7. The second-order valence-electron chi connectivity index (χ2n) is 9.63. The van der Waals surface area contributed by atoms with Gasteiger partial charge in [-0.2, -0.15) is 0 Å². The molecule has 2 aromatic rings. The van der Waals surface area contributed by atoms with Gasteiger partial charge in [-0.25, -0.2) is 4.39 Å². The van der Waals surface area contributed by atoms with Crippen molar-refractivity contribution in [3.63, 3.8) is 0 Å². The number of aryl methyl sites for hydroxylation is 1. The van der Waals surface area contributed by atoms with Crippen LogP contribution in [-0.2, 0) is 12.8 Å². The smallest absolute Gasteiger partial charge is 0.134 e. The van der Waals surface area contributed by atoms with Crippen LogP contribution in [0.5, 0.6) is 0 Å². The van der Waals surface area contributed by atoms with Crippen molar-refractivity contribution in [3.8, 4) is 11.1 Å². The van der Waals surface area contributed by atoms with E-state index in [-0.39, 0.29) is 5.82 Å². The van der Waals surface area contributed by atoms with Crippen molar-refractivity contribution in [2.24, 2.45) is 17.8 Å². The van der Waals surface area contributed by atoms with E-state index >= 15 is 4.39 Å². The van der Waals surface area contributed by atoms with Gasteiger partial charge in [0.15, 0.2) is 0 Å². The number of benzene rings is 2. The lowest BCUT2D eigenvalue weighted by Gasteiger charge is -2.34. The molecule has 0 radical (unpaired) electrons. The Morgan fingerprint density at radius 2 is 1.67 bits per heavy atom. The molecule has 30 heavy (non-hydrogen) atoms. The summed E-state index contributed by atoms with van der Waals surface area (Å²) in [7, 11) is 0. The van der Waals surface area contributed by atoms with Crippen LogP contribution in [0.1, 0.15) is 89.7 Å². The third-order valence-corrected chi connectivity index (χ3v) is 7.39. The molecule has 3 atom stereocenters. The van der Waals surface area contributed by atoms with Gasteiger partial charge in [0.05, 0.1) is 0 Å². The highest BCUT2D eigenvalue weighted by molar-refractivity contribution is 5.65. The molecule has 0 aromatic heterocycles. The summed E-state index contributed by atoms with van der Waals surface area (Å²) in [6.45, 7) is 6.98. The minimum Gasteiger partial charge on any atom is -0.206 e. The monoisotopic (exact) mass is 408 g/mol. The summed E-state index contributed by atoms with van der Waals surface area (Å²) >= 11 is 0. The van der Waals surface area contributed by atoms with Crippen molar-refractivity contribution in [2.45, 2.75) is 91.4 Å². The van der Waals surface area contributed by atoms with E-state index in [0.717, 1.165) is 53.7 Å². The maximum Gasteiger partial charge on any atom is 0.134 e. The quantitative estimate of drug-likeness (QED) is 0.344. The van der Waals surface area contributed by atoms with Gasteiger partial charge in [0.1, 0.15) is 5.82 Å². The van der Waals surface area contributed by atoms with E-state index in [1.165, 1.54) is 56.9 Å². The number of hydrogen-bond acceptors (Lipinski definition) is 0. The van der Waals surface area contributed by atoms with Crippen molar-refractivity contribution in [1.29, 1.82) is 0 Å². The van der Waals surface area contributed by atoms with E-state index in [0.29, 0.717) is 0 Å². The highest BCUT2D eigenvalue weighted by atomic mass is 19.1. The summed E-state index contributed by atoms with van der Waals surface area (Å²) in [5.74, 6) is 2.58. The molecule has 1 heteroatoms. The molecular weight excluding hydrogens is 367 g/mol. The first kappa shape index (κ1) is 23.0. The van der Waals surface area contributed by atoms with Gasteiger partial charge >= 0.3 is 0 Å². The molecule has 0 amide bonds. The number of rotatable bonds is 10. The fraction of sp³-hybridized carbons (Fsp3) is 0.586. The first-order valence-corrected chi connectivity index (χ1v) is 12.5. The van der Waals surface area contributed by atoms with Crippen molar-refractivity contribution in [2.75, 3.05) is 0 Å². The Labute approximate surface area is 184 Å². The van der Waals surface area contributed by atoms with Gasteiger partial charge in [-0.05, 0) is 73.0 Å². The molecule has 1 saturated carbocycles. The zero-order valence-corrected chi connectivity index (χ0v) is 19.4. The molecule has 164 valence electrons. The van der Waals surface area contributed by atoms with Crippen LogP contribution < -0.4 is 0 Å². The third kappa shape index (κ3) is 5.96. The Morgan fingerprint density at radius 1 is 0.867 bits per heavy atom. The maximum absolute atomic E-state index is 15.6. The number of hydrogen-bond donors (Lipinski definition) is 0. The highest BCUT2D eigenvalue weighted by Crippen LogP contribution is 2.38. The Hall–Kier alpha value is -1.63. The van der Waals surface area contributed by atoms with Crippen LogP contribution in [0.25, 0.3) is 11.1 Å². The van der Waals surface area contributed by atoms with Gasteiger partial charge in [-0.1, -0.05) is 95.3 Å². The van der Waals surface area contributed by atoms with Crippen LogP contribution in [0, 0.1) is 23.6 Å². The number of halogens is 1. The third-order valence-electron chi connectivity index (χ3n) is 7.39. The molecule has 0 bridgehead atoms. The van der Waals surface area contributed by atoms with Crippen LogP contribution in [0.4, 0.5) is 4.39 Å². The van der Waals surface area contributed by atoms with E-state index in [1.54, 1.807) is 0 Å². The second-order valence-corrected chi connectivity index (χ2v) is 9.63. The van der Waals surface area contributed by atoms with Crippen LogP contribution in [-0.4, -0.2) is 0 Å². The molecule has 1 fully saturated rings. The summed E-state index contributed by atoms with van der Waals surface area (Å²) < 4.78 is 15.6. The maximum atomic E-state index is 15.6. The predicted molar refractivity (Wildman–Crippen MR) is 128 cm³/mol. The fourth-order valence-corrected chi connectivity index (χ4v) is 5.57. The standard InChI is InChI=1S/C29H41F/c1-4-6-8-14-27-26(18-17-24-16-15-23(11-5-2)21-22(24)3)19-20-28(29(27)30)25-12-9-7-10-13-25/h7,9-10,12-13,19-20,22-24H,4-6,8,11,14-18,21H2,1-3H3. The average molecular weight is 409 g/mol. The summed E-state index contributed by atoms with van der Waals surface area (Å²) in [6.07, 6.45) is 13.4. The van der Waals surface area contributed by atoms with E-state index in [9.17, 15) is 0 Å². The largest absolute Gasteiger partial charge is 0.206 e. The molecule has 1 aliphatic carbocycles. The lowest BCUT2D eigenvalue weighted by atomic mass is 9.71. The second kappa shape index (κ2) is 11.7. The molecule has 0 nitrogen and oxygen atoms in total. The SMILES string of the molecule is CCCCCc1c(CCC2CCC(CCC)CC2C)ccc(-c2ccccc2)c1F. The van der Waals surface area contributed by atoms with Crippen molar-refractivity contribution >= 4 is 0 Å². The molecule has 0 spiro atoms. The molecule has 3 rings (SSSR count). The lowest BCUT2D eigenvalue weighted by Crippen LogP contribution is -2.23. The molecule has 0 aliphatic heterocycles. The lowest BCUT2D eigenvalue weighted by molar-refractivity contribution is 0.177. The van der Waals surface area contributed by atoms with E-state index in [4.69, 9.17) is 0 Å². The first-order valence-electron chi connectivity index (χ1n) is 12.5. The van der Waals surface area contributed by atoms with Gasteiger partial charge < -0.3 is 0 Å². The van der Waals surface area contributed by atoms with Gasteiger partial charge in [0.2, 0.25) is 0 Å². The number of unbranched alkanes of at least 4 members (excludes halogenated alkanes) is 2.